The van der Waals surface area contributed by atoms with Crippen molar-refractivity contribution in [2.24, 2.45) is 11.7 Å². The molecule has 3 aromatic rings. The lowest BCUT2D eigenvalue weighted by molar-refractivity contribution is 0.185. The standard InChI is InChI=1S/C21H27N5S2/c22-21(27)23-9-12-25-10-7-16(8-11-25)14-20-24-18-5-1-2-6-19(18)26(20)15-17-4-3-13-28-17/h1-6,13,16H,7-12,14-15H2,(H3,22,23,27). The van der Waals surface area contributed by atoms with Gasteiger partial charge in [0, 0.05) is 24.4 Å². The minimum atomic E-state index is 0.388. The zero-order valence-electron chi connectivity index (χ0n) is 16.0. The lowest BCUT2D eigenvalue weighted by atomic mass is 9.93. The second-order valence-corrected chi connectivity index (χ2v) is 8.93. The van der Waals surface area contributed by atoms with E-state index in [4.69, 9.17) is 22.9 Å². The van der Waals surface area contributed by atoms with Gasteiger partial charge >= 0.3 is 0 Å². The predicted molar refractivity (Wildman–Crippen MR) is 121 cm³/mol. The number of hydrogen-bond donors (Lipinski definition) is 2. The van der Waals surface area contributed by atoms with E-state index in [1.807, 2.05) is 11.3 Å². The highest BCUT2D eigenvalue weighted by Gasteiger charge is 2.22. The molecule has 3 N–H and O–H groups in total. The molecule has 148 valence electrons. The Morgan fingerprint density at radius 2 is 2.04 bits per heavy atom. The number of nitrogens with zero attached hydrogens (tertiary/aromatic N) is 3. The van der Waals surface area contributed by atoms with Crippen LogP contribution in [0.1, 0.15) is 23.5 Å². The van der Waals surface area contributed by atoms with Crippen molar-refractivity contribution in [1.29, 1.82) is 0 Å². The van der Waals surface area contributed by atoms with Crippen LogP contribution >= 0.6 is 23.6 Å². The van der Waals surface area contributed by atoms with Gasteiger partial charge in [-0.1, -0.05) is 18.2 Å². The van der Waals surface area contributed by atoms with Crippen molar-refractivity contribution in [2.75, 3.05) is 26.2 Å². The fourth-order valence-corrected chi connectivity index (χ4v) is 4.82. The zero-order valence-corrected chi connectivity index (χ0v) is 17.6. The van der Waals surface area contributed by atoms with Crippen molar-refractivity contribution in [3.05, 3.63) is 52.5 Å². The zero-order chi connectivity index (χ0) is 19.3. The van der Waals surface area contributed by atoms with Crippen LogP contribution in [0.3, 0.4) is 0 Å². The number of aromatic nitrogens is 2. The molecule has 0 radical (unpaired) electrons. The Bertz CT molecular complexity index is 910. The fourth-order valence-electron chi connectivity index (χ4n) is 4.03. The number of hydrogen-bond acceptors (Lipinski definition) is 4. The third-order valence-corrected chi connectivity index (χ3v) is 6.54. The van der Waals surface area contributed by atoms with Crippen molar-refractivity contribution in [3.63, 3.8) is 0 Å². The van der Waals surface area contributed by atoms with Gasteiger partial charge in [0.15, 0.2) is 5.11 Å². The number of nitrogens with two attached hydrogens (primary N) is 1. The molecule has 4 rings (SSSR count). The molecule has 0 bridgehead atoms. The fraction of sp³-hybridized carbons (Fsp3) is 0.429. The summed E-state index contributed by atoms with van der Waals surface area (Å²) in [5.74, 6) is 1.92. The van der Waals surface area contributed by atoms with Crippen LogP contribution in [-0.2, 0) is 13.0 Å². The van der Waals surface area contributed by atoms with E-state index in [2.05, 4.69) is 56.6 Å². The Morgan fingerprint density at radius 1 is 1.21 bits per heavy atom. The number of thiocarbonyl (C=S) groups is 1. The van der Waals surface area contributed by atoms with Gasteiger partial charge in [0.2, 0.25) is 0 Å². The number of piperidine rings is 1. The van der Waals surface area contributed by atoms with Gasteiger partial charge in [-0.3, -0.25) is 0 Å². The largest absolute Gasteiger partial charge is 0.376 e. The SMILES string of the molecule is NC(=S)NCCN1CCC(Cc2nc3ccccc3n2Cc2cccs2)CC1. The minimum absolute atomic E-state index is 0.388. The normalized spacial score (nSPS) is 15.9. The highest BCUT2D eigenvalue weighted by molar-refractivity contribution is 7.80. The summed E-state index contributed by atoms with van der Waals surface area (Å²) in [4.78, 5) is 8.87. The molecule has 1 aliphatic rings. The van der Waals surface area contributed by atoms with Crippen molar-refractivity contribution < 1.29 is 0 Å². The molecule has 1 fully saturated rings. The summed E-state index contributed by atoms with van der Waals surface area (Å²) in [6.45, 7) is 5.01. The molecule has 0 amide bonds. The van der Waals surface area contributed by atoms with Crippen LogP contribution in [-0.4, -0.2) is 45.7 Å². The monoisotopic (exact) mass is 413 g/mol. The molecule has 3 heterocycles. The molecule has 5 nitrogen and oxygen atoms in total. The van der Waals surface area contributed by atoms with Crippen molar-refractivity contribution in [2.45, 2.75) is 25.8 Å². The van der Waals surface area contributed by atoms with Crippen LogP contribution in [0.15, 0.2) is 41.8 Å². The molecule has 0 spiro atoms. The predicted octanol–water partition coefficient (Wildman–Crippen LogP) is 3.23. The van der Waals surface area contributed by atoms with Crippen molar-refractivity contribution >= 4 is 39.7 Å². The van der Waals surface area contributed by atoms with Crippen LogP contribution < -0.4 is 11.1 Å². The molecule has 7 heteroatoms. The first kappa shape index (κ1) is 19.4. The molecule has 1 aliphatic heterocycles. The van der Waals surface area contributed by atoms with E-state index < -0.39 is 0 Å². The van der Waals surface area contributed by atoms with Gasteiger partial charge in [0.1, 0.15) is 5.82 Å². The summed E-state index contributed by atoms with van der Waals surface area (Å²) in [5, 5.41) is 5.58. The van der Waals surface area contributed by atoms with Gasteiger partial charge in [-0.25, -0.2) is 4.98 Å². The second-order valence-electron chi connectivity index (χ2n) is 7.46. The molecular weight excluding hydrogens is 386 g/mol. The number of para-hydroxylation sites is 2. The van der Waals surface area contributed by atoms with E-state index in [1.54, 1.807) is 0 Å². The maximum absolute atomic E-state index is 5.50. The molecule has 1 saturated heterocycles. The highest BCUT2D eigenvalue weighted by Crippen LogP contribution is 2.25. The van der Waals surface area contributed by atoms with Gasteiger partial charge in [0.25, 0.3) is 0 Å². The lowest BCUT2D eigenvalue weighted by Gasteiger charge is -2.32. The summed E-state index contributed by atoms with van der Waals surface area (Å²) in [7, 11) is 0. The number of benzene rings is 1. The molecule has 2 aromatic heterocycles. The van der Waals surface area contributed by atoms with Crippen molar-refractivity contribution in [3.8, 4) is 0 Å². The molecule has 0 atom stereocenters. The van der Waals surface area contributed by atoms with Gasteiger partial charge in [-0.15, -0.1) is 11.3 Å². The number of imidazole rings is 1. The number of likely N-dealkylation sites (tertiary alicyclic amines) is 1. The maximum Gasteiger partial charge on any atom is 0.163 e. The third-order valence-electron chi connectivity index (χ3n) is 5.53. The number of fused-ring (bicyclic) bond motifs is 1. The quantitative estimate of drug-likeness (QED) is 0.583. The average molecular weight is 414 g/mol. The van der Waals surface area contributed by atoms with Gasteiger partial charge < -0.3 is 20.5 Å². The third kappa shape index (κ3) is 4.71. The lowest BCUT2D eigenvalue weighted by Crippen LogP contribution is -2.41. The molecular formula is C21H27N5S2. The first-order valence-corrected chi connectivity index (χ1v) is 11.2. The number of thiophene rings is 1. The molecule has 28 heavy (non-hydrogen) atoms. The summed E-state index contributed by atoms with van der Waals surface area (Å²) in [5.41, 5.74) is 7.85. The van der Waals surface area contributed by atoms with Crippen LogP contribution in [0, 0.1) is 5.92 Å². The maximum atomic E-state index is 5.50. The molecule has 1 aromatic carbocycles. The Morgan fingerprint density at radius 3 is 2.79 bits per heavy atom. The summed E-state index contributed by atoms with van der Waals surface area (Å²) >= 11 is 6.69. The number of nitrogens with one attached hydrogen (secondary N) is 1. The highest BCUT2D eigenvalue weighted by atomic mass is 32.1. The topological polar surface area (TPSA) is 59.1 Å². The van der Waals surface area contributed by atoms with E-state index >= 15 is 0 Å². The van der Waals surface area contributed by atoms with Crippen LogP contribution in [0.4, 0.5) is 0 Å². The van der Waals surface area contributed by atoms with E-state index in [1.165, 1.54) is 29.1 Å². The van der Waals surface area contributed by atoms with Crippen LogP contribution in [0.5, 0.6) is 0 Å². The first-order chi connectivity index (χ1) is 13.7. The summed E-state index contributed by atoms with van der Waals surface area (Å²) in [6, 6.07) is 12.8. The Labute approximate surface area is 175 Å². The minimum Gasteiger partial charge on any atom is -0.376 e. The summed E-state index contributed by atoms with van der Waals surface area (Å²) in [6.07, 6.45) is 3.49. The van der Waals surface area contributed by atoms with Gasteiger partial charge in [-0.05, 0) is 67.6 Å². The van der Waals surface area contributed by atoms with E-state index in [0.717, 1.165) is 44.7 Å². The summed E-state index contributed by atoms with van der Waals surface area (Å²) < 4.78 is 2.42. The molecule has 0 unspecified atom stereocenters. The Balaban J connectivity index is 1.41. The first-order valence-electron chi connectivity index (χ1n) is 9.91. The van der Waals surface area contributed by atoms with E-state index in [0.29, 0.717) is 11.0 Å². The van der Waals surface area contributed by atoms with Gasteiger partial charge in [0.05, 0.1) is 17.6 Å². The Kier molecular flexibility index (Phi) is 6.24. The average Bonchev–Trinajstić information content (AvgIpc) is 3.32. The van der Waals surface area contributed by atoms with Crippen molar-refractivity contribution in [1.82, 2.24) is 19.8 Å². The molecule has 0 aliphatic carbocycles. The van der Waals surface area contributed by atoms with Crippen LogP contribution in [0.2, 0.25) is 0 Å². The van der Waals surface area contributed by atoms with Crippen LogP contribution in [0.25, 0.3) is 11.0 Å². The Hall–Kier alpha value is -1.96. The van der Waals surface area contributed by atoms with E-state index in [9.17, 15) is 0 Å². The second kappa shape index (κ2) is 9.03. The number of rotatable bonds is 7. The molecule has 0 saturated carbocycles. The smallest absolute Gasteiger partial charge is 0.163 e. The van der Waals surface area contributed by atoms with E-state index in [-0.39, 0.29) is 0 Å². The van der Waals surface area contributed by atoms with Gasteiger partial charge in [-0.2, -0.15) is 0 Å².